The lowest BCUT2D eigenvalue weighted by Crippen LogP contribution is -2.52. The van der Waals surface area contributed by atoms with E-state index in [-0.39, 0.29) is 24.9 Å². The van der Waals surface area contributed by atoms with E-state index in [1.807, 2.05) is 36.9 Å². The second-order valence-corrected chi connectivity index (χ2v) is 6.80. The van der Waals surface area contributed by atoms with Crippen LogP contribution in [0.5, 0.6) is 0 Å². The number of hydrogen-bond acceptors (Lipinski definition) is 5. The highest BCUT2D eigenvalue weighted by molar-refractivity contribution is 5.93. The maximum absolute atomic E-state index is 12.4. The normalized spacial score (nSPS) is 14.6. The van der Waals surface area contributed by atoms with Crippen molar-refractivity contribution in [3.8, 4) is 0 Å². The predicted octanol–water partition coefficient (Wildman–Crippen LogP) is 1.08. The van der Waals surface area contributed by atoms with Gasteiger partial charge in [-0.3, -0.25) is 14.5 Å². The summed E-state index contributed by atoms with van der Waals surface area (Å²) in [6.07, 6.45) is -0.537. The van der Waals surface area contributed by atoms with Gasteiger partial charge in [-0.1, -0.05) is 18.2 Å². The van der Waals surface area contributed by atoms with Crippen LogP contribution in [-0.4, -0.2) is 86.0 Å². The highest BCUT2D eigenvalue weighted by Crippen LogP contribution is 2.19. The molecular formula is C19H28N4O4. The lowest BCUT2D eigenvalue weighted by Gasteiger charge is -2.35. The fourth-order valence-electron chi connectivity index (χ4n) is 3.07. The number of carbonyl (C=O) groups excluding carboxylic acids is 3. The maximum Gasteiger partial charge on any atom is 0.409 e. The average molecular weight is 376 g/mol. The zero-order chi connectivity index (χ0) is 20.0. The van der Waals surface area contributed by atoms with Crippen LogP contribution in [0.15, 0.2) is 18.2 Å². The van der Waals surface area contributed by atoms with Crippen LogP contribution >= 0.6 is 0 Å². The number of ether oxygens (including phenoxy) is 1. The summed E-state index contributed by atoms with van der Waals surface area (Å²) < 4.78 is 4.59. The van der Waals surface area contributed by atoms with E-state index in [4.69, 9.17) is 0 Å². The molecule has 148 valence electrons. The van der Waals surface area contributed by atoms with Crippen molar-refractivity contribution in [3.63, 3.8) is 0 Å². The molecule has 8 heteroatoms. The van der Waals surface area contributed by atoms with Crippen LogP contribution < -0.4 is 5.32 Å². The Morgan fingerprint density at radius 1 is 1.11 bits per heavy atom. The van der Waals surface area contributed by atoms with Crippen molar-refractivity contribution < 1.29 is 19.1 Å². The monoisotopic (exact) mass is 376 g/mol. The molecule has 1 aromatic carbocycles. The van der Waals surface area contributed by atoms with E-state index < -0.39 is 6.09 Å². The third kappa shape index (κ3) is 5.68. The molecule has 3 amide bonds. The number of methoxy groups -OCH3 is 1. The van der Waals surface area contributed by atoms with Gasteiger partial charge in [-0.05, 0) is 25.0 Å². The number of amides is 3. The topological polar surface area (TPSA) is 82.2 Å². The van der Waals surface area contributed by atoms with Gasteiger partial charge in [-0.25, -0.2) is 4.79 Å². The summed E-state index contributed by atoms with van der Waals surface area (Å²) in [5.41, 5.74) is 2.93. The Morgan fingerprint density at radius 3 is 2.26 bits per heavy atom. The Hall–Kier alpha value is -2.61. The molecular weight excluding hydrogens is 348 g/mol. The molecule has 27 heavy (non-hydrogen) atoms. The number of rotatable bonds is 5. The summed E-state index contributed by atoms with van der Waals surface area (Å²) >= 11 is 0. The smallest absolute Gasteiger partial charge is 0.409 e. The van der Waals surface area contributed by atoms with Crippen LogP contribution in [-0.2, 0) is 14.3 Å². The van der Waals surface area contributed by atoms with Gasteiger partial charge < -0.3 is 19.9 Å². The standard InChI is InChI=1S/C19H28N4O4/c1-14-6-5-7-15(2)18(14)20-16(24)12-22-8-10-23(11-9-22)17(25)13-21(3)19(26)27-4/h5-7H,8-13H2,1-4H3,(H,20,24). The van der Waals surface area contributed by atoms with Gasteiger partial charge in [0.05, 0.1) is 13.7 Å². The molecule has 0 aromatic heterocycles. The van der Waals surface area contributed by atoms with E-state index >= 15 is 0 Å². The predicted molar refractivity (Wildman–Crippen MR) is 103 cm³/mol. The van der Waals surface area contributed by atoms with Crippen LogP contribution in [0.4, 0.5) is 10.5 Å². The Bertz CT molecular complexity index is 679. The first-order valence-corrected chi connectivity index (χ1v) is 8.97. The third-order valence-corrected chi connectivity index (χ3v) is 4.70. The molecule has 1 heterocycles. The molecule has 0 radical (unpaired) electrons. The minimum atomic E-state index is -0.537. The minimum absolute atomic E-state index is 0.0142. The Balaban J connectivity index is 1.79. The van der Waals surface area contributed by atoms with Crippen molar-refractivity contribution in [2.75, 3.05) is 58.7 Å². The number of benzene rings is 1. The van der Waals surface area contributed by atoms with E-state index in [0.717, 1.165) is 16.8 Å². The molecule has 0 aliphatic carbocycles. The Labute approximate surface area is 160 Å². The number of para-hydroxylation sites is 1. The molecule has 0 unspecified atom stereocenters. The third-order valence-electron chi connectivity index (χ3n) is 4.70. The van der Waals surface area contributed by atoms with Crippen LogP contribution in [0.2, 0.25) is 0 Å². The second kappa shape index (κ2) is 9.36. The first-order chi connectivity index (χ1) is 12.8. The molecule has 0 atom stereocenters. The molecule has 0 spiro atoms. The average Bonchev–Trinajstić information content (AvgIpc) is 2.64. The van der Waals surface area contributed by atoms with E-state index in [1.54, 1.807) is 4.90 Å². The number of anilines is 1. The first kappa shape index (κ1) is 20.7. The zero-order valence-corrected chi connectivity index (χ0v) is 16.4. The number of piperazine rings is 1. The molecule has 1 aromatic rings. The van der Waals surface area contributed by atoms with Gasteiger partial charge in [-0.2, -0.15) is 0 Å². The summed E-state index contributed by atoms with van der Waals surface area (Å²) in [6, 6.07) is 5.91. The molecule has 2 rings (SSSR count). The van der Waals surface area contributed by atoms with Crippen molar-refractivity contribution in [2.24, 2.45) is 0 Å². The number of likely N-dealkylation sites (N-methyl/N-ethyl adjacent to an activating group) is 1. The number of carbonyl (C=O) groups is 3. The SMILES string of the molecule is COC(=O)N(C)CC(=O)N1CCN(CC(=O)Nc2c(C)cccc2C)CC1. The van der Waals surface area contributed by atoms with Crippen LogP contribution in [0.3, 0.4) is 0 Å². The fraction of sp³-hybridized carbons (Fsp3) is 0.526. The van der Waals surface area contributed by atoms with E-state index in [0.29, 0.717) is 26.2 Å². The highest BCUT2D eigenvalue weighted by Gasteiger charge is 2.24. The summed E-state index contributed by atoms with van der Waals surface area (Å²) in [7, 11) is 2.81. The van der Waals surface area contributed by atoms with Crippen LogP contribution in [0, 0.1) is 13.8 Å². The number of hydrogen-bond donors (Lipinski definition) is 1. The Morgan fingerprint density at radius 2 is 1.70 bits per heavy atom. The largest absolute Gasteiger partial charge is 0.453 e. The van der Waals surface area contributed by atoms with Gasteiger partial charge >= 0.3 is 6.09 Å². The summed E-state index contributed by atoms with van der Waals surface area (Å²) in [6.45, 7) is 6.52. The van der Waals surface area contributed by atoms with E-state index in [2.05, 4.69) is 10.1 Å². The van der Waals surface area contributed by atoms with Crippen LogP contribution in [0.1, 0.15) is 11.1 Å². The highest BCUT2D eigenvalue weighted by atomic mass is 16.5. The molecule has 8 nitrogen and oxygen atoms in total. The zero-order valence-electron chi connectivity index (χ0n) is 16.4. The molecule has 1 aliphatic heterocycles. The summed E-state index contributed by atoms with van der Waals surface area (Å²) in [5, 5.41) is 2.99. The summed E-state index contributed by atoms with van der Waals surface area (Å²) in [4.78, 5) is 41.0. The van der Waals surface area contributed by atoms with Gasteiger partial charge in [0.15, 0.2) is 0 Å². The van der Waals surface area contributed by atoms with Gasteiger partial charge in [-0.15, -0.1) is 0 Å². The lowest BCUT2D eigenvalue weighted by molar-refractivity contribution is -0.133. The molecule has 0 bridgehead atoms. The number of nitrogens with zero attached hydrogens (tertiary/aromatic N) is 3. The van der Waals surface area contributed by atoms with Crippen molar-refractivity contribution in [1.82, 2.24) is 14.7 Å². The van der Waals surface area contributed by atoms with Crippen molar-refractivity contribution in [3.05, 3.63) is 29.3 Å². The molecule has 0 saturated carbocycles. The van der Waals surface area contributed by atoms with Gasteiger partial charge in [0.2, 0.25) is 11.8 Å². The van der Waals surface area contributed by atoms with Crippen molar-refractivity contribution in [1.29, 1.82) is 0 Å². The van der Waals surface area contributed by atoms with Gasteiger partial charge in [0.25, 0.3) is 0 Å². The molecule has 1 fully saturated rings. The molecule has 1 aliphatic rings. The second-order valence-electron chi connectivity index (χ2n) is 6.80. The quantitative estimate of drug-likeness (QED) is 0.832. The van der Waals surface area contributed by atoms with Gasteiger partial charge in [0.1, 0.15) is 6.54 Å². The van der Waals surface area contributed by atoms with Crippen molar-refractivity contribution in [2.45, 2.75) is 13.8 Å². The number of aryl methyl sites for hydroxylation is 2. The summed E-state index contributed by atoms with van der Waals surface area (Å²) in [5.74, 6) is -0.180. The minimum Gasteiger partial charge on any atom is -0.453 e. The molecule has 1 saturated heterocycles. The molecule has 1 N–H and O–H groups in total. The van der Waals surface area contributed by atoms with Crippen molar-refractivity contribution >= 4 is 23.6 Å². The van der Waals surface area contributed by atoms with Crippen LogP contribution in [0.25, 0.3) is 0 Å². The van der Waals surface area contributed by atoms with Gasteiger partial charge in [0, 0.05) is 38.9 Å². The van der Waals surface area contributed by atoms with E-state index in [9.17, 15) is 14.4 Å². The number of nitrogens with one attached hydrogen (secondary N) is 1. The fourth-order valence-corrected chi connectivity index (χ4v) is 3.07. The lowest BCUT2D eigenvalue weighted by atomic mass is 10.1. The Kier molecular flexibility index (Phi) is 7.18. The maximum atomic E-state index is 12.4. The van der Waals surface area contributed by atoms with E-state index in [1.165, 1.54) is 19.1 Å². The first-order valence-electron chi connectivity index (χ1n) is 8.97.